The van der Waals surface area contributed by atoms with E-state index in [1.54, 1.807) is 0 Å². The number of carbonyl (C=O) groups is 2. The number of ether oxygens (including phenoxy) is 1. The van der Waals surface area contributed by atoms with Gasteiger partial charge in [-0.3, -0.25) is 4.79 Å². The number of hydrogen-bond acceptors (Lipinski definition) is 4. The SMILES string of the molecule is CC(C)COC(=O)N[C@@H](CC1CCCCC1)C(=O)NCC#N. The topological polar surface area (TPSA) is 91.2 Å². The molecule has 0 unspecified atom stereocenters. The lowest BCUT2D eigenvalue weighted by Crippen LogP contribution is -2.48. The fourth-order valence-corrected chi connectivity index (χ4v) is 2.66. The molecule has 2 N–H and O–H groups in total. The van der Waals surface area contributed by atoms with Crippen molar-refractivity contribution in [2.45, 2.75) is 58.4 Å². The summed E-state index contributed by atoms with van der Waals surface area (Å²) in [4.78, 5) is 23.9. The molecule has 0 aromatic carbocycles. The Kier molecular flexibility index (Phi) is 8.34. The van der Waals surface area contributed by atoms with Crippen LogP contribution in [0.15, 0.2) is 0 Å². The van der Waals surface area contributed by atoms with Gasteiger partial charge in [0.2, 0.25) is 5.91 Å². The molecule has 2 amide bonds. The minimum absolute atomic E-state index is 0.0529. The predicted molar refractivity (Wildman–Crippen MR) is 82.9 cm³/mol. The molecule has 6 heteroatoms. The summed E-state index contributed by atoms with van der Waals surface area (Å²) >= 11 is 0. The number of nitrogens with one attached hydrogen (secondary N) is 2. The normalized spacial score (nSPS) is 16.6. The molecule has 0 bridgehead atoms. The first-order valence-corrected chi connectivity index (χ1v) is 8.11. The summed E-state index contributed by atoms with van der Waals surface area (Å²) in [6.07, 6.45) is 5.81. The Balaban J connectivity index is 2.54. The van der Waals surface area contributed by atoms with Gasteiger partial charge >= 0.3 is 6.09 Å². The van der Waals surface area contributed by atoms with E-state index in [1.165, 1.54) is 19.3 Å². The highest BCUT2D eigenvalue weighted by atomic mass is 16.5. The molecule has 6 nitrogen and oxygen atoms in total. The maximum Gasteiger partial charge on any atom is 0.407 e. The number of amides is 2. The van der Waals surface area contributed by atoms with Gasteiger partial charge in [0.1, 0.15) is 12.6 Å². The van der Waals surface area contributed by atoms with Gasteiger partial charge in [0, 0.05) is 0 Å². The number of hydrogen-bond donors (Lipinski definition) is 2. The zero-order valence-electron chi connectivity index (χ0n) is 13.6. The van der Waals surface area contributed by atoms with E-state index < -0.39 is 12.1 Å². The number of rotatable bonds is 7. The van der Waals surface area contributed by atoms with Gasteiger partial charge in [-0.25, -0.2) is 4.79 Å². The van der Waals surface area contributed by atoms with E-state index in [0.717, 1.165) is 12.8 Å². The Bertz CT molecular complexity index is 398. The van der Waals surface area contributed by atoms with Gasteiger partial charge in [-0.05, 0) is 18.3 Å². The Morgan fingerprint density at radius 2 is 1.95 bits per heavy atom. The van der Waals surface area contributed by atoms with Crippen LogP contribution in [-0.4, -0.2) is 31.2 Å². The highest BCUT2D eigenvalue weighted by Gasteiger charge is 2.26. The summed E-state index contributed by atoms with van der Waals surface area (Å²) in [6.45, 7) is 4.17. The molecule has 1 rings (SSSR count). The summed E-state index contributed by atoms with van der Waals surface area (Å²) < 4.78 is 5.08. The summed E-state index contributed by atoms with van der Waals surface area (Å²) in [5.41, 5.74) is 0. The first-order chi connectivity index (χ1) is 10.5. The third-order valence-electron chi connectivity index (χ3n) is 3.79. The summed E-state index contributed by atoms with van der Waals surface area (Å²) in [5, 5.41) is 13.7. The van der Waals surface area contributed by atoms with E-state index in [2.05, 4.69) is 10.6 Å². The average molecular weight is 309 g/mol. The van der Waals surface area contributed by atoms with Crippen LogP contribution in [0.4, 0.5) is 4.79 Å². The van der Waals surface area contributed by atoms with E-state index in [9.17, 15) is 9.59 Å². The smallest absolute Gasteiger partial charge is 0.407 e. The maximum absolute atomic E-state index is 12.1. The van der Waals surface area contributed by atoms with E-state index in [-0.39, 0.29) is 18.4 Å². The molecule has 22 heavy (non-hydrogen) atoms. The molecule has 0 radical (unpaired) electrons. The molecule has 0 spiro atoms. The highest BCUT2D eigenvalue weighted by Crippen LogP contribution is 2.27. The fourth-order valence-electron chi connectivity index (χ4n) is 2.66. The first-order valence-electron chi connectivity index (χ1n) is 8.11. The van der Waals surface area contributed by atoms with Crippen molar-refractivity contribution in [2.24, 2.45) is 11.8 Å². The van der Waals surface area contributed by atoms with Crippen LogP contribution in [0.1, 0.15) is 52.4 Å². The van der Waals surface area contributed by atoms with Gasteiger partial charge in [-0.1, -0.05) is 46.0 Å². The van der Waals surface area contributed by atoms with Crippen molar-refractivity contribution in [3.05, 3.63) is 0 Å². The molecule has 1 atom stereocenters. The second-order valence-electron chi connectivity index (χ2n) is 6.30. The number of nitrogens with zero attached hydrogens (tertiary/aromatic N) is 1. The van der Waals surface area contributed by atoms with Crippen LogP contribution < -0.4 is 10.6 Å². The lowest BCUT2D eigenvalue weighted by atomic mass is 9.84. The molecule has 0 heterocycles. The molecule has 1 aliphatic rings. The number of carbonyl (C=O) groups excluding carboxylic acids is 2. The van der Waals surface area contributed by atoms with Crippen molar-refractivity contribution in [3.63, 3.8) is 0 Å². The van der Waals surface area contributed by atoms with Crippen LogP contribution in [0.25, 0.3) is 0 Å². The van der Waals surface area contributed by atoms with Gasteiger partial charge in [-0.2, -0.15) is 5.26 Å². The fraction of sp³-hybridized carbons (Fsp3) is 0.812. The predicted octanol–water partition coefficient (Wildman–Crippen LogP) is 2.35. The van der Waals surface area contributed by atoms with Crippen LogP contribution >= 0.6 is 0 Å². The molecule has 1 saturated carbocycles. The molecule has 124 valence electrons. The lowest BCUT2D eigenvalue weighted by molar-refractivity contribution is -0.123. The Morgan fingerprint density at radius 3 is 2.55 bits per heavy atom. The number of alkyl carbamates (subject to hydrolysis) is 1. The largest absolute Gasteiger partial charge is 0.449 e. The lowest BCUT2D eigenvalue weighted by Gasteiger charge is -2.26. The van der Waals surface area contributed by atoms with Crippen molar-refractivity contribution in [3.8, 4) is 6.07 Å². The zero-order valence-corrected chi connectivity index (χ0v) is 13.6. The zero-order chi connectivity index (χ0) is 16.4. The van der Waals surface area contributed by atoms with Crippen LogP contribution in [0.3, 0.4) is 0 Å². The van der Waals surface area contributed by atoms with Crippen molar-refractivity contribution in [1.29, 1.82) is 5.26 Å². The second kappa shape index (κ2) is 10.0. The van der Waals surface area contributed by atoms with Gasteiger partial charge in [-0.15, -0.1) is 0 Å². The average Bonchev–Trinajstić information content (AvgIpc) is 2.51. The molecule has 1 fully saturated rings. The number of nitriles is 1. The second-order valence-corrected chi connectivity index (χ2v) is 6.30. The molecule has 1 aliphatic carbocycles. The summed E-state index contributed by atoms with van der Waals surface area (Å²) in [6, 6.07) is 1.25. The van der Waals surface area contributed by atoms with Gasteiger partial charge in [0.05, 0.1) is 12.7 Å². The van der Waals surface area contributed by atoms with Crippen LogP contribution in [0.2, 0.25) is 0 Å². The molecular formula is C16H27N3O3. The van der Waals surface area contributed by atoms with Crippen LogP contribution in [0.5, 0.6) is 0 Å². The highest BCUT2D eigenvalue weighted by molar-refractivity contribution is 5.85. The molecule has 0 aromatic rings. The van der Waals surface area contributed by atoms with E-state index in [0.29, 0.717) is 18.9 Å². The third-order valence-corrected chi connectivity index (χ3v) is 3.79. The van der Waals surface area contributed by atoms with Crippen molar-refractivity contribution >= 4 is 12.0 Å². The molecular weight excluding hydrogens is 282 g/mol. The maximum atomic E-state index is 12.1. The minimum Gasteiger partial charge on any atom is -0.449 e. The van der Waals surface area contributed by atoms with Crippen LogP contribution in [0, 0.1) is 23.2 Å². The Morgan fingerprint density at radius 1 is 1.27 bits per heavy atom. The van der Waals surface area contributed by atoms with E-state index in [1.807, 2.05) is 19.9 Å². The minimum atomic E-state index is -0.629. The quantitative estimate of drug-likeness (QED) is 0.706. The molecule has 0 aliphatic heterocycles. The Hall–Kier alpha value is -1.77. The Labute approximate surface area is 132 Å². The first kappa shape index (κ1) is 18.3. The monoisotopic (exact) mass is 309 g/mol. The third kappa shape index (κ3) is 7.30. The van der Waals surface area contributed by atoms with Crippen molar-refractivity contribution in [1.82, 2.24) is 10.6 Å². The van der Waals surface area contributed by atoms with E-state index in [4.69, 9.17) is 10.00 Å². The summed E-state index contributed by atoms with van der Waals surface area (Å²) in [5.74, 6) is 0.376. The van der Waals surface area contributed by atoms with Gasteiger partial charge < -0.3 is 15.4 Å². The van der Waals surface area contributed by atoms with Gasteiger partial charge in [0.15, 0.2) is 0 Å². The molecule has 0 aromatic heterocycles. The van der Waals surface area contributed by atoms with Gasteiger partial charge in [0.25, 0.3) is 0 Å². The standard InChI is InChI=1S/C16H27N3O3/c1-12(2)11-22-16(21)19-14(15(20)18-9-8-17)10-13-6-4-3-5-7-13/h12-14H,3-7,9-11H2,1-2H3,(H,18,20)(H,19,21)/t14-/m0/s1. The molecule has 0 saturated heterocycles. The van der Waals surface area contributed by atoms with Crippen molar-refractivity contribution < 1.29 is 14.3 Å². The van der Waals surface area contributed by atoms with E-state index >= 15 is 0 Å². The summed E-state index contributed by atoms with van der Waals surface area (Å²) in [7, 11) is 0. The van der Waals surface area contributed by atoms with Crippen LogP contribution in [-0.2, 0) is 9.53 Å². The van der Waals surface area contributed by atoms with Crippen molar-refractivity contribution in [2.75, 3.05) is 13.2 Å².